The van der Waals surface area contributed by atoms with E-state index < -0.39 is 0 Å². The number of carbonyl (C=O) groups excluding carboxylic acids is 1. The molecule has 0 aliphatic carbocycles. The fraction of sp³-hybridized carbons (Fsp3) is 0.733. The first-order chi connectivity index (χ1) is 10.6. The molecule has 1 unspecified atom stereocenters. The van der Waals surface area contributed by atoms with Gasteiger partial charge < -0.3 is 15.8 Å². The van der Waals surface area contributed by atoms with Crippen molar-refractivity contribution in [2.24, 2.45) is 11.7 Å². The minimum atomic E-state index is -0.0527. The van der Waals surface area contributed by atoms with Crippen molar-refractivity contribution in [3.05, 3.63) is 16.1 Å². The number of rotatable bonds is 7. The fourth-order valence-electron chi connectivity index (χ4n) is 2.25. The highest BCUT2D eigenvalue weighted by atomic mass is 32.1. The Hall–Kier alpha value is -1.02. The Morgan fingerprint density at radius 3 is 2.91 bits per heavy atom. The number of nitrogens with zero attached hydrogens (tertiary/aromatic N) is 2. The first-order valence-corrected chi connectivity index (χ1v) is 8.71. The lowest BCUT2D eigenvalue weighted by atomic mass is 10.1. The molecule has 0 spiro atoms. The van der Waals surface area contributed by atoms with E-state index >= 15 is 0 Å². The predicted octanol–water partition coefficient (Wildman–Crippen LogP) is 0.790. The van der Waals surface area contributed by atoms with Crippen LogP contribution in [0.4, 0.5) is 0 Å². The Bertz CT molecular complexity index is 472. The smallest absolute Gasteiger partial charge is 0.226 e. The molecule has 1 aromatic rings. The SMILES string of the molecule is CC(C)C(N)c1nc(CC(=O)NCCN2CCOCC2)cs1. The van der Waals surface area contributed by atoms with E-state index in [2.05, 4.69) is 29.0 Å². The van der Waals surface area contributed by atoms with E-state index in [1.54, 1.807) is 0 Å². The molecule has 1 atom stereocenters. The normalized spacial score (nSPS) is 17.6. The van der Waals surface area contributed by atoms with Crippen LogP contribution in [0.3, 0.4) is 0 Å². The first-order valence-electron chi connectivity index (χ1n) is 7.83. The average molecular weight is 326 g/mol. The van der Waals surface area contributed by atoms with Crippen molar-refractivity contribution in [3.8, 4) is 0 Å². The van der Waals surface area contributed by atoms with Crippen LogP contribution in [0.25, 0.3) is 0 Å². The minimum absolute atomic E-state index is 0.0169. The lowest BCUT2D eigenvalue weighted by Gasteiger charge is -2.26. The highest BCUT2D eigenvalue weighted by Gasteiger charge is 2.16. The number of morpholine rings is 1. The van der Waals surface area contributed by atoms with Gasteiger partial charge in [-0.25, -0.2) is 4.98 Å². The zero-order chi connectivity index (χ0) is 15.9. The van der Waals surface area contributed by atoms with Gasteiger partial charge in [0.15, 0.2) is 0 Å². The molecule has 2 heterocycles. The average Bonchev–Trinajstić information content (AvgIpc) is 2.95. The summed E-state index contributed by atoms with van der Waals surface area (Å²) in [6, 6.07) is -0.0527. The van der Waals surface area contributed by atoms with Crippen molar-refractivity contribution < 1.29 is 9.53 Å². The number of carbonyl (C=O) groups is 1. The molecule has 1 saturated heterocycles. The zero-order valence-electron chi connectivity index (χ0n) is 13.4. The molecule has 1 aliphatic rings. The van der Waals surface area contributed by atoms with Crippen molar-refractivity contribution in [1.29, 1.82) is 0 Å². The highest BCUT2D eigenvalue weighted by molar-refractivity contribution is 7.09. The van der Waals surface area contributed by atoms with E-state index in [-0.39, 0.29) is 11.9 Å². The Balaban J connectivity index is 1.70. The summed E-state index contributed by atoms with van der Waals surface area (Å²) in [7, 11) is 0. The first kappa shape index (κ1) is 17.3. The second kappa shape index (κ2) is 8.57. The quantitative estimate of drug-likeness (QED) is 0.774. The van der Waals surface area contributed by atoms with Crippen molar-refractivity contribution in [3.63, 3.8) is 0 Å². The highest BCUT2D eigenvalue weighted by Crippen LogP contribution is 2.22. The molecule has 0 bridgehead atoms. The maximum absolute atomic E-state index is 11.9. The molecular formula is C15H26N4O2S. The number of nitrogens with one attached hydrogen (secondary N) is 1. The van der Waals surface area contributed by atoms with Crippen LogP contribution in [0.2, 0.25) is 0 Å². The number of ether oxygens (including phenoxy) is 1. The Labute approximate surface area is 136 Å². The van der Waals surface area contributed by atoms with Crippen molar-refractivity contribution in [2.75, 3.05) is 39.4 Å². The molecule has 6 nitrogen and oxygen atoms in total. The summed E-state index contributed by atoms with van der Waals surface area (Å²) in [4.78, 5) is 18.7. The maximum Gasteiger partial charge on any atom is 0.226 e. The van der Waals surface area contributed by atoms with Crippen LogP contribution < -0.4 is 11.1 Å². The van der Waals surface area contributed by atoms with Crippen molar-refractivity contribution in [1.82, 2.24) is 15.2 Å². The van der Waals surface area contributed by atoms with Crippen LogP contribution >= 0.6 is 11.3 Å². The van der Waals surface area contributed by atoms with Gasteiger partial charge in [0.2, 0.25) is 5.91 Å². The zero-order valence-corrected chi connectivity index (χ0v) is 14.2. The van der Waals surface area contributed by atoms with E-state index in [0.29, 0.717) is 18.9 Å². The van der Waals surface area contributed by atoms with Gasteiger partial charge in [0, 0.05) is 31.6 Å². The number of thiazole rings is 1. The van der Waals surface area contributed by atoms with Crippen LogP contribution in [0.5, 0.6) is 0 Å². The van der Waals surface area contributed by atoms with Gasteiger partial charge in [-0.3, -0.25) is 9.69 Å². The number of hydrogen-bond donors (Lipinski definition) is 2. The molecule has 0 saturated carbocycles. The van der Waals surface area contributed by atoms with Crippen LogP contribution in [0, 0.1) is 5.92 Å². The molecule has 1 aromatic heterocycles. The summed E-state index contributed by atoms with van der Waals surface area (Å²) >= 11 is 1.54. The van der Waals surface area contributed by atoms with Crippen molar-refractivity contribution in [2.45, 2.75) is 26.3 Å². The largest absolute Gasteiger partial charge is 0.379 e. The molecular weight excluding hydrogens is 300 g/mol. The summed E-state index contributed by atoms with van der Waals surface area (Å²) < 4.78 is 5.30. The molecule has 0 aromatic carbocycles. The van der Waals surface area contributed by atoms with Crippen LogP contribution in [-0.4, -0.2) is 55.2 Å². The van der Waals surface area contributed by atoms with Gasteiger partial charge in [0.05, 0.1) is 31.4 Å². The summed E-state index contributed by atoms with van der Waals surface area (Å²) in [5.41, 5.74) is 6.88. The monoisotopic (exact) mass is 326 g/mol. The van der Waals surface area contributed by atoms with Gasteiger partial charge in [0.1, 0.15) is 5.01 Å². The molecule has 3 N–H and O–H groups in total. The van der Waals surface area contributed by atoms with E-state index in [1.807, 2.05) is 5.38 Å². The fourth-order valence-corrected chi connectivity index (χ4v) is 3.24. The summed E-state index contributed by atoms with van der Waals surface area (Å²) in [5, 5.41) is 5.79. The second-order valence-corrected chi connectivity index (χ2v) is 6.82. The molecule has 0 radical (unpaired) electrons. The molecule has 1 amide bonds. The Morgan fingerprint density at radius 2 is 2.23 bits per heavy atom. The number of nitrogens with two attached hydrogens (primary N) is 1. The Kier molecular flexibility index (Phi) is 6.75. The third kappa shape index (κ3) is 5.31. The molecule has 1 fully saturated rings. The topological polar surface area (TPSA) is 80.5 Å². The third-order valence-corrected chi connectivity index (χ3v) is 4.76. The van der Waals surface area contributed by atoms with Gasteiger partial charge in [-0.2, -0.15) is 0 Å². The molecule has 2 rings (SSSR count). The van der Waals surface area contributed by atoms with Crippen molar-refractivity contribution >= 4 is 17.2 Å². The summed E-state index contributed by atoms with van der Waals surface area (Å²) in [6.07, 6.45) is 0.324. The number of amides is 1. The lowest BCUT2D eigenvalue weighted by molar-refractivity contribution is -0.120. The third-order valence-electron chi connectivity index (χ3n) is 3.77. The molecule has 124 valence electrons. The number of aromatic nitrogens is 1. The summed E-state index contributed by atoms with van der Waals surface area (Å²) in [6.45, 7) is 9.14. The van der Waals surface area contributed by atoms with Gasteiger partial charge in [-0.15, -0.1) is 11.3 Å². The second-order valence-electron chi connectivity index (χ2n) is 5.93. The molecule has 22 heavy (non-hydrogen) atoms. The lowest BCUT2D eigenvalue weighted by Crippen LogP contribution is -2.41. The van der Waals surface area contributed by atoms with Crippen LogP contribution in [-0.2, 0) is 16.0 Å². The minimum Gasteiger partial charge on any atom is -0.379 e. The Morgan fingerprint density at radius 1 is 1.50 bits per heavy atom. The van der Waals surface area contributed by atoms with Gasteiger partial charge in [-0.05, 0) is 5.92 Å². The van der Waals surface area contributed by atoms with Gasteiger partial charge in [0.25, 0.3) is 0 Å². The van der Waals surface area contributed by atoms with E-state index in [1.165, 1.54) is 11.3 Å². The van der Waals surface area contributed by atoms with E-state index in [0.717, 1.165) is 43.5 Å². The molecule has 7 heteroatoms. The van der Waals surface area contributed by atoms with Gasteiger partial charge in [-0.1, -0.05) is 13.8 Å². The molecule has 1 aliphatic heterocycles. The number of hydrogen-bond acceptors (Lipinski definition) is 6. The maximum atomic E-state index is 11.9. The van der Waals surface area contributed by atoms with Crippen LogP contribution in [0.1, 0.15) is 30.6 Å². The van der Waals surface area contributed by atoms with E-state index in [9.17, 15) is 4.79 Å². The van der Waals surface area contributed by atoms with E-state index in [4.69, 9.17) is 10.5 Å². The standard InChI is InChI=1S/C15H26N4O2S/c1-11(2)14(16)15-18-12(10-22-15)9-13(20)17-3-4-19-5-7-21-8-6-19/h10-11,14H,3-9,16H2,1-2H3,(H,17,20). The summed E-state index contributed by atoms with van der Waals surface area (Å²) in [5.74, 6) is 0.365. The van der Waals surface area contributed by atoms with Crippen LogP contribution in [0.15, 0.2) is 5.38 Å². The van der Waals surface area contributed by atoms with Gasteiger partial charge >= 0.3 is 0 Å². The predicted molar refractivity (Wildman–Crippen MR) is 87.9 cm³/mol.